The van der Waals surface area contributed by atoms with Crippen LogP contribution in [0.25, 0.3) is 10.6 Å². The van der Waals surface area contributed by atoms with E-state index in [2.05, 4.69) is 21.8 Å². The van der Waals surface area contributed by atoms with Crippen LogP contribution in [0.4, 0.5) is 0 Å². The van der Waals surface area contributed by atoms with Gasteiger partial charge in [0.05, 0.1) is 0 Å². The zero-order valence-electron chi connectivity index (χ0n) is 16.3. The molecule has 0 aliphatic carbocycles. The number of aromatic nitrogens is 2. The summed E-state index contributed by atoms with van der Waals surface area (Å²) in [5.41, 5.74) is 4.74. The third-order valence-corrected chi connectivity index (χ3v) is 5.67. The molecule has 4 nitrogen and oxygen atoms in total. The monoisotopic (exact) mass is 399 g/mol. The van der Waals surface area contributed by atoms with E-state index >= 15 is 0 Å². The van der Waals surface area contributed by atoms with Crippen molar-refractivity contribution in [3.05, 3.63) is 82.6 Å². The summed E-state index contributed by atoms with van der Waals surface area (Å²) in [6.45, 7) is 3.40. The molecule has 0 saturated carbocycles. The number of hydrogen-bond donors (Lipinski definition) is 0. The van der Waals surface area contributed by atoms with Gasteiger partial charge >= 0.3 is 0 Å². The van der Waals surface area contributed by atoms with Gasteiger partial charge in [-0.05, 0) is 56.0 Å². The molecule has 2 aromatic heterocycles. The van der Waals surface area contributed by atoms with Gasteiger partial charge in [0.25, 0.3) is 5.91 Å². The maximum atomic E-state index is 12.9. The second-order valence-corrected chi connectivity index (χ2v) is 7.84. The summed E-state index contributed by atoms with van der Waals surface area (Å²) in [4.78, 5) is 23.6. The first kappa shape index (κ1) is 19.1. The zero-order chi connectivity index (χ0) is 20.1. The summed E-state index contributed by atoms with van der Waals surface area (Å²) in [5.74, 6) is 6.28. The first-order chi connectivity index (χ1) is 14.2. The highest BCUT2D eigenvalue weighted by Gasteiger charge is 2.20. The lowest BCUT2D eigenvalue weighted by molar-refractivity contribution is 0.0743. The Morgan fingerprint density at radius 2 is 2.00 bits per heavy atom. The van der Waals surface area contributed by atoms with Crippen LogP contribution in [0.3, 0.4) is 0 Å². The molecule has 1 aromatic carbocycles. The molecule has 4 rings (SSSR count). The summed E-state index contributed by atoms with van der Waals surface area (Å²) < 4.78 is 0. The molecule has 144 valence electrons. The largest absolute Gasteiger partial charge is 0.338 e. The summed E-state index contributed by atoms with van der Waals surface area (Å²) in [6, 6.07) is 13.6. The van der Waals surface area contributed by atoms with E-state index in [0.717, 1.165) is 53.5 Å². The normalized spacial score (nSPS) is 13.6. The molecule has 5 heteroatoms. The standard InChI is InChI=1S/C24H21N3OS/c1-18-5-2-9-22(26-18)10-3-6-19-11-14-27(15-12-19)24(28)21-8-4-7-20(17-21)23-25-13-16-29-23/h2,4-9,13,16-17H,11-12,14-15H2,1H3. The molecule has 29 heavy (non-hydrogen) atoms. The van der Waals surface area contributed by atoms with E-state index in [1.807, 2.05) is 65.7 Å². The number of pyridine rings is 1. The lowest BCUT2D eigenvalue weighted by Crippen LogP contribution is -2.36. The van der Waals surface area contributed by atoms with Crippen LogP contribution in [0, 0.1) is 18.8 Å². The first-order valence-electron chi connectivity index (χ1n) is 9.61. The Morgan fingerprint density at radius 3 is 2.76 bits per heavy atom. The van der Waals surface area contributed by atoms with Gasteiger partial charge in [0.2, 0.25) is 0 Å². The minimum Gasteiger partial charge on any atom is -0.338 e. The van der Waals surface area contributed by atoms with Gasteiger partial charge in [-0.25, -0.2) is 9.97 Å². The molecule has 0 unspecified atom stereocenters. The molecule has 0 atom stereocenters. The van der Waals surface area contributed by atoms with Crippen LogP contribution in [-0.4, -0.2) is 33.9 Å². The average molecular weight is 400 g/mol. The highest BCUT2D eigenvalue weighted by molar-refractivity contribution is 7.13. The smallest absolute Gasteiger partial charge is 0.253 e. The van der Waals surface area contributed by atoms with Gasteiger partial charge in [0.15, 0.2) is 0 Å². The van der Waals surface area contributed by atoms with Gasteiger partial charge in [0.1, 0.15) is 10.7 Å². The van der Waals surface area contributed by atoms with Gasteiger partial charge in [-0.3, -0.25) is 4.79 Å². The van der Waals surface area contributed by atoms with Crippen molar-refractivity contribution in [2.45, 2.75) is 19.8 Å². The van der Waals surface area contributed by atoms with Crippen LogP contribution in [0.5, 0.6) is 0 Å². The number of thiazole rings is 1. The van der Waals surface area contributed by atoms with Crippen LogP contribution in [0.1, 0.15) is 34.6 Å². The molecule has 1 amide bonds. The Kier molecular flexibility index (Phi) is 5.83. The number of hydrogen-bond acceptors (Lipinski definition) is 4. The number of aryl methyl sites for hydroxylation is 1. The maximum Gasteiger partial charge on any atom is 0.253 e. The van der Waals surface area contributed by atoms with E-state index in [1.54, 1.807) is 17.5 Å². The van der Waals surface area contributed by atoms with Gasteiger partial charge in [0, 0.05) is 41.5 Å². The van der Waals surface area contributed by atoms with Crippen molar-refractivity contribution in [1.82, 2.24) is 14.9 Å². The van der Waals surface area contributed by atoms with Crippen molar-refractivity contribution in [2.24, 2.45) is 0 Å². The number of carbonyl (C=O) groups excluding carboxylic acids is 1. The van der Waals surface area contributed by atoms with E-state index in [4.69, 9.17) is 0 Å². The van der Waals surface area contributed by atoms with E-state index in [0.29, 0.717) is 0 Å². The third-order valence-electron chi connectivity index (χ3n) is 4.85. The second kappa shape index (κ2) is 8.85. The number of nitrogens with zero attached hydrogens (tertiary/aromatic N) is 3. The Morgan fingerprint density at radius 1 is 1.17 bits per heavy atom. The predicted molar refractivity (Wildman–Crippen MR) is 117 cm³/mol. The number of carbonyl (C=O) groups is 1. The number of allylic oxidation sites excluding steroid dienone is 1. The van der Waals surface area contributed by atoms with E-state index in [-0.39, 0.29) is 5.91 Å². The van der Waals surface area contributed by atoms with Crippen molar-refractivity contribution in [3.8, 4) is 22.4 Å². The summed E-state index contributed by atoms with van der Waals surface area (Å²) in [5, 5.41) is 2.88. The number of amides is 1. The average Bonchev–Trinajstić information content (AvgIpc) is 3.29. The molecule has 1 aliphatic rings. The minimum atomic E-state index is 0.0810. The van der Waals surface area contributed by atoms with Crippen molar-refractivity contribution < 1.29 is 4.79 Å². The van der Waals surface area contributed by atoms with Crippen LogP contribution in [0.15, 0.2) is 65.7 Å². The molecule has 3 heterocycles. The number of benzene rings is 1. The van der Waals surface area contributed by atoms with Crippen molar-refractivity contribution in [1.29, 1.82) is 0 Å². The Balaban J connectivity index is 1.38. The van der Waals surface area contributed by atoms with Gasteiger partial charge in [-0.2, -0.15) is 0 Å². The fourth-order valence-corrected chi connectivity index (χ4v) is 3.94. The van der Waals surface area contributed by atoms with Crippen molar-refractivity contribution in [2.75, 3.05) is 13.1 Å². The summed E-state index contributed by atoms with van der Waals surface area (Å²) >= 11 is 1.58. The quantitative estimate of drug-likeness (QED) is 0.586. The molecule has 0 radical (unpaired) electrons. The van der Waals surface area contributed by atoms with Crippen LogP contribution in [-0.2, 0) is 0 Å². The molecule has 0 N–H and O–H groups in total. The Labute approximate surface area is 174 Å². The second-order valence-electron chi connectivity index (χ2n) is 6.95. The molecule has 0 bridgehead atoms. The summed E-state index contributed by atoms with van der Waals surface area (Å²) in [6.07, 6.45) is 5.47. The fraction of sp³-hybridized carbons (Fsp3) is 0.208. The van der Waals surface area contributed by atoms with Crippen molar-refractivity contribution >= 4 is 17.2 Å². The topological polar surface area (TPSA) is 46.1 Å². The number of piperidine rings is 1. The SMILES string of the molecule is Cc1cccc(C#CC=C2CCN(C(=O)c3cccc(-c4nccs4)c3)CC2)n1. The lowest BCUT2D eigenvalue weighted by atomic mass is 10.0. The third kappa shape index (κ3) is 4.79. The summed E-state index contributed by atoms with van der Waals surface area (Å²) in [7, 11) is 0. The van der Waals surface area contributed by atoms with E-state index < -0.39 is 0 Å². The van der Waals surface area contributed by atoms with Gasteiger partial charge in [-0.1, -0.05) is 29.7 Å². The number of likely N-dealkylation sites (tertiary alicyclic amines) is 1. The van der Waals surface area contributed by atoms with Gasteiger partial charge in [-0.15, -0.1) is 11.3 Å². The van der Waals surface area contributed by atoms with Gasteiger partial charge < -0.3 is 4.90 Å². The molecular formula is C24H21N3OS. The Bertz CT molecular complexity index is 1100. The molecule has 1 fully saturated rings. The number of rotatable bonds is 2. The zero-order valence-corrected chi connectivity index (χ0v) is 17.1. The van der Waals surface area contributed by atoms with Crippen LogP contribution in [0.2, 0.25) is 0 Å². The maximum absolute atomic E-state index is 12.9. The van der Waals surface area contributed by atoms with E-state index in [9.17, 15) is 4.79 Å². The van der Waals surface area contributed by atoms with Crippen LogP contribution >= 0.6 is 11.3 Å². The molecule has 3 aromatic rings. The Hall–Kier alpha value is -3.23. The lowest BCUT2D eigenvalue weighted by Gasteiger charge is -2.28. The highest BCUT2D eigenvalue weighted by atomic mass is 32.1. The van der Waals surface area contributed by atoms with Crippen molar-refractivity contribution in [3.63, 3.8) is 0 Å². The van der Waals surface area contributed by atoms with Crippen LogP contribution < -0.4 is 0 Å². The molecule has 0 spiro atoms. The fourth-order valence-electron chi connectivity index (χ4n) is 3.30. The highest BCUT2D eigenvalue weighted by Crippen LogP contribution is 2.24. The predicted octanol–water partition coefficient (Wildman–Crippen LogP) is 4.73. The molecule has 1 saturated heterocycles. The first-order valence-corrected chi connectivity index (χ1v) is 10.5. The minimum absolute atomic E-state index is 0.0810. The molecular weight excluding hydrogens is 378 g/mol. The molecule has 1 aliphatic heterocycles. The van der Waals surface area contributed by atoms with E-state index in [1.165, 1.54) is 5.57 Å².